The van der Waals surface area contributed by atoms with E-state index in [-0.39, 0.29) is 19.1 Å². The van der Waals surface area contributed by atoms with E-state index in [9.17, 15) is 19.4 Å². The van der Waals surface area contributed by atoms with E-state index in [0.29, 0.717) is 23.9 Å². The van der Waals surface area contributed by atoms with Crippen molar-refractivity contribution >= 4 is 13.7 Å². The number of unbranched alkanes of at least 4 members (excludes halogenated alkanes) is 36. The molecule has 0 spiro atoms. The Bertz CT molecular complexity index is 947. The lowest BCUT2D eigenvalue weighted by Crippen LogP contribution is -2.46. The van der Waals surface area contributed by atoms with Gasteiger partial charge in [-0.3, -0.25) is 13.8 Å². The van der Waals surface area contributed by atoms with Crippen molar-refractivity contribution < 1.29 is 32.9 Å². The van der Waals surface area contributed by atoms with Crippen LogP contribution in [0.3, 0.4) is 0 Å². The number of carbonyl (C=O) groups is 1. The molecule has 0 heterocycles. The number of hydrogen-bond acceptors (Lipinski definition) is 5. The van der Waals surface area contributed by atoms with E-state index in [4.69, 9.17) is 9.05 Å². The first-order valence-corrected chi connectivity index (χ1v) is 27.9. The van der Waals surface area contributed by atoms with Crippen LogP contribution in [0.25, 0.3) is 0 Å². The van der Waals surface area contributed by atoms with Gasteiger partial charge in [0.2, 0.25) is 5.91 Å². The Balaban J connectivity index is 4.19. The number of phosphoric ester groups is 1. The van der Waals surface area contributed by atoms with Crippen LogP contribution in [0.15, 0.2) is 0 Å². The summed E-state index contributed by atoms with van der Waals surface area (Å²) < 4.78 is 23.7. The molecule has 0 aliphatic carbocycles. The smallest absolute Gasteiger partial charge is 0.391 e. The molecule has 0 fully saturated rings. The highest BCUT2D eigenvalue weighted by Gasteiger charge is 2.28. The molecule has 0 saturated carbocycles. The van der Waals surface area contributed by atoms with Crippen LogP contribution in [-0.4, -0.2) is 73.4 Å². The van der Waals surface area contributed by atoms with E-state index in [2.05, 4.69) is 19.2 Å². The van der Waals surface area contributed by atoms with Crippen molar-refractivity contribution in [3.05, 3.63) is 0 Å². The number of quaternary nitrogens is 1. The monoisotopic (exact) mass is 874 g/mol. The van der Waals surface area contributed by atoms with Crippen molar-refractivity contribution in [1.29, 1.82) is 0 Å². The molecule has 0 aliphatic heterocycles. The van der Waals surface area contributed by atoms with Gasteiger partial charge in [0.05, 0.1) is 39.9 Å². The van der Waals surface area contributed by atoms with Crippen molar-refractivity contribution in [3.63, 3.8) is 0 Å². The van der Waals surface area contributed by atoms with E-state index in [0.717, 1.165) is 38.5 Å². The molecule has 3 N–H and O–H groups in total. The van der Waals surface area contributed by atoms with Crippen LogP contribution in [0.1, 0.15) is 271 Å². The summed E-state index contributed by atoms with van der Waals surface area (Å²) in [6, 6.07) is -0.754. The SMILES string of the molecule is CCCCCCCCCCCCCCCCCCCCCCCC(=O)NC(COP(=O)(O)OCC[N+](C)(C)C)C(O)CCCCCCCCCCCCCCCCCCC. The predicted molar refractivity (Wildman–Crippen MR) is 259 cm³/mol. The summed E-state index contributed by atoms with van der Waals surface area (Å²) in [5, 5.41) is 14.0. The third-order valence-electron chi connectivity index (χ3n) is 12.4. The van der Waals surface area contributed by atoms with Gasteiger partial charge in [0.1, 0.15) is 13.2 Å². The molecule has 9 heteroatoms. The molecule has 3 unspecified atom stereocenters. The van der Waals surface area contributed by atoms with Crippen LogP contribution in [0.2, 0.25) is 0 Å². The van der Waals surface area contributed by atoms with Gasteiger partial charge in [-0.25, -0.2) is 4.57 Å². The molecule has 0 rings (SSSR count). The van der Waals surface area contributed by atoms with E-state index in [1.54, 1.807) is 0 Å². The maximum Gasteiger partial charge on any atom is 0.472 e. The Labute approximate surface area is 374 Å². The average Bonchev–Trinajstić information content (AvgIpc) is 3.20. The molecule has 60 heavy (non-hydrogen) atoms. The molecule has 0 aromatic heterocycles. The fraction of sp³-hybridized carbons (Fsp3) is 0.980. The predicted octanol–water partition coefficient (Wildman–Crippen LogP) is 15.3. The van der Waals surface area contributed by atoms with Gasteiger partial charge in [0, 0.05) is 6.42 Å². The molecule has 0 aromatic rings. The summed E-state index contributed by atoms with van der Waals surface area (Å²) in [5.74, 6) is -0.137. The van der Waals surface area contributed by atoms with Crippen LogP contribution >= 0.6 is 7.82 Å². The van der Waals surface area contributed by atoms with Crippen molar-refractivity contribution in [2.75, 3.05) is 40.9 Å². The number of aliphatic hydroxyl groups excluding tert-OH is 1. The van der Waals surface area contributed by atoms with Crippen LogP contribution < -0.4 is 5.32 Å². The second kappa shape index (κ2) is 43.7. The number of nitrogens with zero attached hydrogens (tertiary/aromatic N) is 1. The summed E-state index contributed by atoms with van der Waals surface area (Å²) in [5.41, 5.74) is 0. The number of carbonyl (C=O) groups excluding carboxylic acids is 1. The summed E-state index contributed by atoms with van der Waals surface area (Å²) in [6.45, 7) is 4.93. The average molecular weight is 874 g/mol. The minimum atomic E-state index is -4.31. The summed E-state index contributed by atoms with van der Waals surface area (Å²) in [7, 11) is 1.63. The molecule has 0 saturated heterocycles. The minimum Gasteiger partial charge on any atom is -0.391 e. The zero-order valence-electron chi connectivity index (χ0n) is 41.0. The molecule has 360 valence electrons. The zero-order valence-corrected chi connectivity index (χ0v) is 41.9. The summed E-state index contributed by atoms with van der Waals surface area (Å²) in [6.07, 6.45) is 49.9. The molecular formula is C51H106N2O6P+. The van der Waals surface area contributed by atoms with Gasteiger partial charge in [-0.1, -0.05) is 251 Å². The number of amides is 1. The number of phosphoric acid groups is 1. The highest BCUT2D eigenvalue weighted by Crippen LogP contribution is 2.43. The maximum absolute atomic E-state index is 13.0. The summed E-state index contributed by atoms with van der Waals surface area (Å²) in [4.78, 5) is 23.3. The lowest BCUT2D eigenvalue weighted by molar-refractivity contribution is -0.870. The molecule has 1 amide bonds. The quantitative estimate of drug-likeness (QED) is 0.0319. The van der Waals surface area contributed by atoms with Gasteiger partial charge >= 0.3 is 7.82 Å². The third kappa shape index (κ3) is 45.5. The third-order valence-corrected chi connectivity index (χ3v) is 13.3. The second-order valence-corrected chi connectivity index (χ2v) is 21.1. The van der Waals surface area contributed by atoms with Gasteiger partial charge in [0.25, 0.3) is 0 Å². The van der Waals surface area contributed by atoms with Gasteiger partial charge in [0.15, 0.2) is 0 Å². The minimum absolute atomic E-state index is 0.0790. The van der Waals surface area contributed by atoms with Crippen molar-refractivity contribution in [1.82, 2.24) is 5.32 Å². The van der Waals surface area contributed by atoms with Crippen molar-refractivity contribution in [2.45, 2.75) is 283 Å². The van der Waals surface area contributed by atoms with Crippen LogP contribution in [0, 0.1) is 0 Å². The molecular weight excluding hydrogens is 768 g/mol. The Hall–Kier alpha value is -0.500. The van der Waals surface area contributed by atoms with E-state index >= 15 is 0 Å². The Morgan fingerprint density at radius 1 is 0.500 bits per heavy atom. The number of aliphatic hydroxyl groups is 1. The number of rotatable bonds is 49. The molecule has 0 bridgehead atoms. The molecule has 0 aliphatic rings. The summed E-state index contributed by atoms with van der Waals surface area (Å²) >= 11 is 0. The van der Waals surface area contributed by atoms with E-state index in [1.165, 1.54) is 205 Å². The second-order valence-electron chi connectivity index (χ2n) is 19.6. The standard InChI is InChI=1S/C51H105N2O6P/c1-6-8-10-12-14-16-18-20-22-24-25-26-27-29-31-33-35-37-39-41-43-45-51(55)52-49(48-59-60(56,57)58-47-46-53(3,4)5)50(54)44-42-40-38-36-34-32-30-28-23-21-19-17-15-13-11-9-7-2/h49-50,54H,6-48H2,1-5H3,(H-,52,55,56,57)/p+1. The first-order valence-electron chi connectivity index (χ1n) is 26.4. The van der Waals surface area contributed by atoms with Crippen LogP contribution in [0.4, 0.5) is 0 Å². The fourth-order valence-electron chi connectivity index (χ4n) is 8.17. The first kappa shape index (κ1) is 59.5. The topological polar surface area (TPSA) is 105 Å². The zero-order chi connectivity index (χ0) is 44.3. The first-order chi connectivity index (χ1) is 29.0. The lowest BCUT2D eigenvalue weighted by atomic mass is 10.0. The van der Waals surface area contributed by atoms with Gasteiger partial charge in [-0.05, 0) is 12.8 Å². The highest BCUT2D eigenvalue weighted by molar-refractivity contribution is 7.47. The number of hydrogen-bond donors (Lipinski definition) is 3. The van der Waals surface area contributed by atoms with Crippen molar-refractivity contribution in [3.8, 4) is 0 Å². The van der Waals surface area contributed by atoms with Gasteiger partial charge in [-0.15, -0.1) is 0 Å². The highest BCUT2D eigenvalue weighted by atomic mass is 31.2. The van der Waals surface area contributed by atoms with Crippen molar-refractivity contribution in [2.24, 2.45) is 0 Å². The largest absolute Gasteiger partial charge is 0.472 e. The number of nitrogens with one attached hydrogen (secondary N) is 1. The van der Waals surface area contributed by atoms with E-state index < -0.39 is 20.0 Å². The Morgan fingerprint density at radius 3 is 1.12 bits per heavy atom. The van der Waals surface area contributed by atoms with Crippen LogP contribution in [-0.2, 0) is 18.4 Å². The van der Waals surface area contributed by atoms with Gasteiger partial charge < -0.3 is 19.8 Å². The molecule has 0 aromatic carbocycles. The molecule has 3 atom stereocenters. The van der Waals surface area contributed by atoms with E-state index in [1.807, 2.05) is 21.1 Å². The lowest BCUT2D eigenvalue weighted by Gasteiger charge is -2.26. The molecule has 0 radical (unpaired) electrons. The number of likely N-dealkylation sites (N-methyl/N-ethyl adjacent to an activating group) is 1. The van der Waals surface area contributed by atoms with Gasteiger partial charge in [-0.2, -0.15) is 0 Å². The maximum atomic E-state index is 13.0. The Kier molecular flexibility index (Phi) is 43.4. The normalized spacial score (nSPS) is 14.1. The fourth-order valence-corrected chi connectivity index (χ4v) is 8.90. The van der Waals surface area contributed by atoms with Crippen LogP contribution in [0.5, 0.6) is 0 Å². The molecule has 8 nitrogen and oxygen atoms in total. The Morgan fingerprint density at radius 2 is 0.800 bits per heavy atom.